The summed E-state index contributed by atoms with van der Waals surface area (Å²) in [6, 6.07) is 6.28. The molecular weight excluding hydrogens is 238 g/mol. The van der Waals surface area contributed by atoms with Crippen LogP contribution in [0.25, 0.3) is 0 Å². The third kappa shape index (κ3) is 3.07. The van der Waals surface area contributed by atoms with Gasteiger partial charge in [-0.3, -0.25) is 4.68 Å². The molecule has 4 heteroatoms. The fourth-order valence-electron chi connectivity index (χ4n) is 2.43. The number of furan rings is 1. The van der Waals surface area contributed by atoms with Crippen molar-refractivity contribution in [3.05, 3.63) is 41.6 Å². The van der Waals surface area contributed by atoms with E-state index in [0.29, 0.717) is 5.92 Å². The second-order valence-electron chi connectivity index (χ2n) is 5.53. The van der Waals surface area contributed by atoms with Crippen LogP contribution in [0.1, 0.15) is 36.5 Å². The van der Waals surface area contributed by atoms with Crippen LogP contribution in [-0.4, -0.2) is 16.3 Å². The topological polar surface area (TPSA) is 43.0 Å². The van der Waals surface area contributed by atoms with E-state index >= 15 is 0 Å². The molecule has 0 aliphatic heterocycles. The number of nitrogens with one attached hydrogen (secondary N) is 1. The van der Waals surface area contributed by atoms with E-state index in [0.717, 1.165) is 42.6 Å². The summed E-state index contributed by atoms with van der Waals surface area (Å²) >= 11 is 0. The zero-order valence-corrected chi connectivity index (χ0v) is 11.6. The van der Waals surface area contributed by atoms with Crippen LogP contribution < -0.4 is 5.32 Å². The molecule has 1 aliphatic carbocycles. The summed E-state index contributed by atoms with van der Waals surface area (Å²) in [5.41, 5.74) is 1.13. The largest absolute Gasteiger partial charge is 0.464 e. The monoisotopic (exact) mass is 259 g/mol. The standard InChI is InChI=1S/C15H21N3O/c1-11-9-14(11)15-4-3-13(19-15)10-16-7-5-12-6-8-18(2)17-12/h3-4,6,8,11,14,16H,5,7,9-10H2,1-2H3. The Bertz CT molecular complexity index is 543. The van der Waals surface area contributed by atoms with Crippen molar-refractivity contribution in [2.24, 2.45) is 13.0 Å². The van der Waals surface area contributed by atoms with Crippen molar-refractivity contribution >= 4 is 0 Å². The molecule has 1 saturated carbocycles. The molecule has 0 bridgehead atoms. The third-order valence-corrected chi connectivity index (χ3v) is 3.78. The highest BCUT2D eigenvalue weighted by atomic mass is 16.3. The van der Waals surface area contributed by atoms with Gasteiger partial charge in [0.1, 0.15) is 11.5 Å². The predicted molar refractivity (Wildman–Crippen MR) is 73.8 cm³/mol. The molecule has 2 atom stereocenters. The molecule has 0 radical (unpaired) electrons. The van der Waals surface area contributed by atoms with Crippen LogP contribution >= 0.6 is 0 Å². The van der Waals surface area contributed by atoms with Crippen LogP contribution in [0.3, 0.4) is 0 Å². The molecule has 1 aliphatic rings. The van der Waals surface area contributed by atoms with Gasteiger partial charge in [-0.2, -0.15) is 5.10 Å². The fourth-order valence-corrected chi connectivity index (χ4v) is 2.43. The number of hydrogen-bond acceptors (Lipinski definition) is 3. The van der Waals surface area contributed by atoms with Crippen molar-refractivity contribution < 1.29 is 4.42 Å². The van der Waals surface area contributed by atoms with Crippen molar-refractivity contribution in [2.45, 2.75) is 32.2 Å². The van der Waals surface area contributed by atoms with Gasteiger partial charge < -0.3 is 9.73 Å². The number of aryl methyl sites for hydroxylation is 1. The van der Waals surface area contributed by atoms with E-state index < -0.39 is 0 Å². The molecule has 19 heavy (non-hydrogen) atoms. The van der Waals surface area contributed by atoms with E-state index in [1.165, 1.54) is 6.42 Å². The maximum Gasteiger partial charge on any atom is 0.117 e. The first-order valence-electron chi connectivity index (χ1n) is 7.00. The summed E-state index contributed by atoms with van der Waals surface area (Å²) in [6.07, 6.45) is 4.21. The molecular formula is C15H21N3O. The Hall–Kier alpha value is -1.55. The van der Waals surface area contributed by atoms with E-state index in [1.54, 1.807) is 0 Å². The number of hydrogen-bond donors (Lipinski definition) is 1. The van der Waals surface area contributed by atoms with Gasteiger partial charge in [-0.05, 0) is 30.5 Å². The minimum Gasteiger partial charge on any atom is -0.464 e. The van der Waals surface area contributed by atoms with Crippen molar-refractivity contribution in [1.29, 1.82) is 0 Å². The van der Waals surface area contributed by atoms with Crippen molar-refractivity contribution in [1.82, 2.24) is 15.1 Å². The van der Waals surface area contributed by atoms with Crippen LogP contribution in [0.5, 0.6) is 0 Å². The lowest BCUT2D eigenvalue weighted by Gasteiger charge is -2.01. The molecule has 0 spiro atoms. The minimum atomic E-state index is 0.669. The van der Waals surface area contributed by atoms with Gasteiger partial charge in [-0.25, -0.2) is 0 Å². The lowest BCUT2D eigenvalue weighted by atomic mass is 10.3. The fraction of sp³-hybridized carbons (Fsp3) is 0.533. The summed E-state index contributed by atoms with van der Waals surface area (Å²) in [6.45, 7) is 4.00. The predicted octanol–water partition coefficient (Wildman–Crippen LogP) is 2.47. The van der Waals surface area contributed by atoms with Crippen LogP contribution in [0.2, 0.25) is 0 Å². The zero-order valence-electron chi connectivity index (χ0n) is 11.6. The van der Waals surface area contributed by atoms with Gasteiger partial charge in [0.05, 0.1) is 12.2 Å². The molecule has 102 valence electrons. The highest BCUT2D eigenvalue weighted by Gasteiger charge is 2.36. The Balaban J connectivity index is 1.41. The van der Waals surface area contributed by atoms with Gasteiger partial charge in [0.25, 0.3) is 0 Å². The van der Waals surface area contributed by atoms with Crippen molar-refractivity contribution in [3.63, 3.8) is 0 Å². The van der Waals surface area contributed by atoms with Crippen LogP contribution in [0.15, 0.2) is 28.8 Å². The van der Waals surface area contributed by atoms with E-state index in [4.69, 9.17) is 4.42 Å². The number of aromatic nitrogens is 2. The molecule has 1 fully saturated rings. The van der Waals surface area contributed by atoms with Crippen molar-refractivity contribution in [2.75, 3.05) is 6.54 Å². The number of rotatable bonds is 6. The Morgan fingerprint density at radius 3 is 2.95 bits per heavy atom. The van der Waals surface area contributed by atoms with E-state index in [9.17, 15) is 0 Å². The van der Waals surface area contributed by atoms with Gasteiger partial charge in [-0.15, -0.1) is 0 Å². The third-order valence-electron chi connectivity index (χ3n) is 3.78. The van der Waals surface area contributed by atoms with E-state index in [2.05, 4.69) is 35.5 Å². The maximum atomic E-state index is 5.85. The SMILES string of the molecule is CC1CC1c1ccc(CNCCc2ccn(C)n2)o1. The Morgan fingerprint density at radius 2 is 2.26 bits per heavy atom. The van der Waals surface area contributed by atoms with E-state index in [1.807, 2.05) is 17.9 Å². The molecule has 0 amide bonds. The summed E-state index contributed by atoms with van der Waals surface area (Å²) in [4.78, 5) is 0. The van der Waals surface area contributed by atoms with Crippen LogP contribution in [0.4, 0.5) is 0 Å². The first-order valence-corrected chi connectivity index (χ1v) is 7.00. The molecule has 0 saturated heterocycles. The second kappa shape index (κ2) is 5.21. The molecule has 2 aromatic rings. The molecule has 1 N–H and O–H groups in total. The highest BCUT2D eigenvalue weighted by molar-refractivity contribution is 5.17. The quantitative estimate of drug-likeness (QED) is 0.810. The molecule has 2 heterocycles. The second-order valence-corrected chi connectivity index (χ2v) is 5.53. The lowest BCUT2D eigenvalue weighted by Crippen LogP contribution is -2.16. The summed E-state index contributed by atoms with van der Waals surface area (Å²) < 4.78 is 7.69. The Morgan fingerprint density at radius 1 is 1.42 bits per heavy atom. The number of nitrogens with zero attached hydrogens (tertiary/aromatic N) is 2. The summed E-state index contributed by atoms with van der Waals surface area (Å²) in [7, 11) is 1.94. The van der Waals surface area contributed by atoms with Gasteiger partial charge in [0.2, 0.25) is 0 Å². The Labute approximate surface area is 113 Å². The average molecular weight is 259 g/mol. The Kier molecular flexibility index (Phi) is 3.42. The van der Waals surface area contributed by atoms with Crippen molar-refractivity contribution in [3.8, 4) is 0 Å². The van der Waals surface area contributed by atoms with E-state index in [-0.39, 0.29) is 0 Å². The van der Waals surface area contributed by atoms with Crippen LogP contribution in [0, 0.1) is 5.92 Å². The first kappa shape index (κ1) is 12.5. The molecule has 3 rings (SSSR count). The normalized spacial score (nSPS) is 21.8. The molecule has 2 aromatic heterocycles. The lowest BCUT2D eigenvalue weighted by molar-refractivity contribution is 0.444. The molecule has 2 unspecified atom stereocenters. The van der Waals surface area contributed by atoms with Gasteiger partial charge in [-0.1, -0.05) is 6.92 Å². The highest BCUT2D eigenvalue weighted by Crippen LogP contribution is 2.47. The smallest absolute Gasteiger partial charge is 0.117 e. The summed E-state index contributed by atoms with van der Waals surface area (Å²) in [5.74, 6) is 3.67. The molecule has 4 nitrogen and oxygen atoms in total. The minimum absolute atomic E-state index is 0.669. The summed E-state index contributed by atoms with van der Waals surface area (Å²) in [5, 5.41) is 7.75. The zero-order chi connectivity index (χ0) is 13.2. The van der Waals surface area contributed by atoms with Crippen LogP contribution in [-0.2, 0) is 20.0 Å². The average Bonchev–Trinajstić information content (AvgIpc) is 2.80. The maximum absolute atomic E-state index is 5.85. The van der Waals surface area contributed by atoms with Gasteiger partial charge in [0.15, 0.2) is 0 Å². The first-order chi connectivity index (χ1) is 9.22. The van der Waals surface area contributed by atoms with Gasteiger partial charge in [0, 0.05) is 32.1 Å². The van der Waals surface area contributed by atoms with Gasteiger partial charge >= 0.3 is 0 Å². The molecule has 0 aromatic carbocycles.